The number of para-hydroxylation sites is 2. The highest BCUT2D eigenvalue weighted by Gasteiger charge is 2.31. The maximum absolute atomic E-state index is 13.3. The van der Waals surface area contributed by atoms with Gasteiger partial charge in [-0.2, -0.15) is 4.98 Å². The molecule has 10 nitrogen and oxygen atoms in total. The van der Waals surface area contributed by atoms with Gasteiger partial charge in [0.15, 0.2) is 5.58 Å². The molecule has 34 heavy (non-hydrogen) atoms. The molecular formula is C23H21BrN8O2. The van der Waals surface area contributed by atoms with Gasteiger partial charge in [-0.15, -0.1) is 0 Å². The van der Waals surface area contributed by atoms with E-state index in [4.69, 9.17) is 9.41 Å². The molecule has 1 unspecified atom stereocenters. The minimum absolute atomic E-state index is 0.242. The monoisotopic (exact) mass is 520 g/mol. The van der Waals surface area contributed by atoms with Gasteiger partial charge in [0.1, 0.15) is 11.6 Å². The molecule has 1 aliphatic heterocycles. The maximum Gasteiger partial charge on any atom is 0.302 e. The summed E-state index contributed by atoms with van der Waals surface area (Å²) in [5.41, 5.74) is 4.11. The van der Waals surface area contributed by atoms with E-state index in [1.165, 1.54) is 0 Å². The van der Waals surface area contributed by atoms with Crippen LogP contribution in [-0.2, 0) is 18.4 Å². The summed E-state index contributed by atoms with van der Waals surface area (Å²) in [6.07, 6.45) is 6.90. The SMILES string of the molecule is CC1=C(C(=O)NCc2cn(C)cn2)C(c2ccncc2Br)N=C(Nc2nc3ccccc3o2)N1. The van der Waals surface area contributed by atoms with E-state index in [1.54, 1.807) is 18.7 Å². The number of fused-ring (bicyclic) bond motifs is 1. The quantitative estimate of drug-likeness (QED) is 0.368. The lowest BCUT2D eigenvalue weighted by molar-refractivity contribution is -0.118. The molecule has 0 bridgehead atoms. The molecule has 4 aromatic rings. The van der Waals surface area contributed by atoms with Gasteiger partial charge in [-0.05, 0) is 46.6 Å². The van der Waals surface area contributed by atoms with Crippen molar-refractivity contribution in [3.05, 3.63) is 82.2 Å². The first-order valence-electron chi connectivity index (χ1n) is 10.5. The predicted molar refractivity (Wildman–Crippen MR) is 131 cm³/mol. The van der Waals surface area contributed by atoms with E-state index < -0.39 is 6.04 Å². The first-order valence-corrected chi connectivity index (χ1v) is 11.3. The van der Waals surface area contributed by atoms with E-state index in [0.29, 0.717) is 35.4 Å². The molecule has 0 radical (unpaired) electrons. The molecule has 1 aliphatic rings. The Morgan fingerprint density at radius 3 is 2.91 bits per heavy atom. The smallest absolute Gasteiger partial charge is 0.302 e. The lowest BCUT2D eigenvalue weighted by Gasteiger charge is -2.26. The van der Waals surface area contributed by atoms with Gasteiger partial charge in [-0.3, -0.25) is 15.1 Å². The molecule has 1 aromatic carbocycles. The summed E-state index contributed by atoms with van der Waals surface area (Å²) in [4.78, 5) is 30.9. The lowest BCUT2D eigenvalue weighted by Crippen LogP contribution is -2.39. The summed E-state index contributed by atoms with van der Waals surface area (Å²) >= 11 is 3.55. The second-order valence-corrected chi connectivity index (χ2v) is 8.62. The van der Waals surface area contributed by atoms with Crippen LogP contribution in [0, 0.1) is 0 Å². The number of rotatable bonds is 5. The van der Waals surface area contributed by atoms with Crippen LogP contribution < -0.4 is 16.0 Å². The number of nitrogens with one attached hydrogen (secondary N) is 3. The molecule has 0 fully saturated rings. The summed E-state index contributed by atoms with van der Waals surface area (Å²) in [6, 6.07) is 9.03. The number of carbonyl (C=O) groups is 1. The van der Waals surface area contributed by atoms with Crippen molar-refractivity contribution in [1.29, 1.82) is 0 Å². The van der Waals surface area contributed by atoms with Crippen LogP contribution in [0.4, 0.5) is 6.01 Å². The Hall–Kier alpha value is -3.99. The fourth-order valence-electron chi connectivity index (χ4n) is 3.72. The molecule has 0 saturated heterocycles. The number of hydrogen-bond donors (Lipinski definition) is 3. The highest BCUT2D eigenvalue weighted by Crippen LogP contribution is 2.34. The van der Waals surface area contributed by atoms with Gasteiger partial charge in [0.2, 0.25) is 5.96 Å². The van der Waals surface area contributed by atoms with E-state index in [2.05, 4.69) is 46.8 Å². The third-order valence-electron chi connectivity index (χ3n) is 5.29. The Morgan fingerprint density at radius 2 is 2.15 bits per heavy atom. The molecule has 4 heterocycles. The van der Waals surface area contributed by atoms with Crippen molar-refractivity contribution >= 4 is 44.9 Å². The Bertz CT molecular complexity index is 1400. The molecule has 3 aromatic heterocycles. The third-order valence-corrected chi connectivity index (χ3v) is 5.95. The second-order valence-electron chi connectivity index (χ2n) is 7.77. The van der Waals surface area contributed by atoms with Crippen LogP contribution in [0.3, 0.4) is 0 Å². The van der Waals surface area contributed by atoms with Gasteiger partial charge >= 0.3 is 6.01 Å². The Balaban J connectivity index is 1.44. The number of imidazole rings is 1. The van der Waals surface area contributed by atoms with Crippen molar-refractivity contribution in [3.63, 3.8) is 0 Å². The number of aromatic nitrogens is 4. The van der Waals surface area contributed by atoms with Crippen LogP contribution in [0.15, 0.2) is 80.4 Å². The number of aryl methyl sites for hydroxylation is 1. The molecule has 1 amide bonds. The number of aliphatic imine (C=N–C) groups is 1. The van der Waals surface area contributed by atoms with E-state index in [1.807, 2.05) is 55.1 Å². The largest absolute Gasteiger partial charge is 0.423 e. The Labute approximate surface area is 203 Å². The van der Waals surface area contributed by atoms with E-state index >= 15 is 0 Å². The number of guanidine groups is 1. The van der Waals surface area contributed by atoms with Crippen LogP contribution in [0.1, 0.15) is 24.2 Å². The van der Waals surface area contributed by atoms with Crippen molar-refractivity contribution in [2.75, 3.05) is 5.32 Å². The van der Waals surface area contributed by atoms with Crippen molar-refractivity contribution in [2.45, 2.75) is 19.5 Å². The van der Waals surface area contributed by atoms with Crippen LogP contribution in [0.5, 0.6) is 0 Å². The van der Waals surface area contributed by atoms with Crippen LogP contribution in [-0.4, -0.2) is 31.4 Å². The van der Waals surface area contributed by atoms with Crippen LogP contribution >= 0.6 is 15.9 Å². The lowest BCUT2D eigenvalue weighted by atomic mass is 9.96. The Kier molecular flexibility index (Phi) is 5.84. The highest BCUT2D eigenvalue weighted by molar-refractivity contribution is 9.10. The fourth-order valence-corrected chi connectivity index (χ4v) is 4.19. The zero-order valence-electron chi connectivity index (χ0n) is 18.4. The summed E-state index contributed by atoms with van der Waals surface area (Å²) < 4.78 is 8.35. The summed E-state index contributed by atoms with van der Waals surface area (Å²) in [5.74, 6) is 0.174. The minimum Gasteiger partial charge on any atom is -0.423 e. The van der Waals surface area contributed by atoms with Gasteiger partial charge in [-0.25, -0.2) is 9.98 Å². The number of hydrogen-bond acceptors (Lipinski definition) is 8. The normalized spacial score (nSPS) is 15.7. The van der Waals surface area contributed by atoms with Gasteiger partial charge < -0.3 is 19.6 Å². The third kappa shape index (κ3) is 4.42. The number of pyridine rings is 1. The topological polar surface area (TPSA) is 122 Å². The average molecular weight is 521 g/mol. The molecule has 0 saturated carbocycles. The second kappa shape index (κ2) is 9.10. The molecular weight excluding hydrogens is 500 g/mol. The van der Waals surface area contributed by atoms with E-state index in [0.717, 1.165) is 21.2 Å². The predicted octanol–water partition coefficient (Wildman–Crippen LogP) is 3.42. The van der Waals surface area contributed by atoms with Gasteiger partial charge in [0.05, 0.1) is 24.1 Å². The zero-order chi connectivity index (χ0) is 23.7. The Morgan fingerprint density at radius 1 is 1.29 bits per heavy atom. The molecule has 0 spiro atoms. The van der Waals surface area contributed by atoms with E-state index in [-0.39, 0.29) is 5.91 Å². The standard InChI is InChI=1S/C23H21BrN8O2/c1-13-19(21(33)26-9-14-11-32(2)12-27-14)20(15-7-8-25-10-16(15)24)30-22(28-13)31-23-29-17-5-3-4-6-18(17)34-23/h3-8,10-12,20H,9H2,1-2H3,(H,26,33)(H2,28,29,30,31). The summed E-state index contributed by atoms with van der Waals surface area (Å²) in [6.45, 7) is 2.14. The van der Waals surface area contributed by atoms with Crippen molar-refractivity contribution in [2.24, 2.45) is 12.0 Å². The van der Waals surface area contributed by atoms with Crippen molar-refractivity contribution < 1.29 is 9.21 Å². The average Bonchev–Trinajstić information content (AvgIpc) is 3.42. The van der Waals surface area contributed by atoms with Gasteiger partial charge in [0.25, 0.3) is 5.91 Å². The number of allylic oxidation sites excluding steroid dienone is 1. The summed E-state index contributed by atoms with van der Waals surface area (Å²) in [7, 11) is 1.88. The zero-order valence-corrected chi connectivity index (χ0v) is 20.0. The fraction of sp³-hybridized carbons (Fsp3) is 0.174. The number of benzene rings is 1. The highest BCUT2D eigenvalue weighted by atomic mass is 79.9. The minimum atomic E-state index is -0.589. The molecule has 0 aliphatic carbocycles. The van der Waals surface area contributed by atoms with Crippen LogP contribution in [0.2, 0.25) is 0 Å². The number of halogens is 1. The number of oxazole rings is 1. The number of anilines is 1. The molecule has 3 N–H and O–H groups in total. The van der Waals surface area contributed by atoms with Gasteiger partial charge in [-0.1, -0.05) is 12.1 Å². The molecule has 5 rings (SSSR count). The first-order chi connectivity index (χ1) is 16.5. The van der Waals surface area contributed by atoms with Crippen molar-refractivity contribution in [1.82, 2.24) is 30.2 Å². The van der Waals surface area contributed by atoms with Crippen molar-refractivity contribution in [3.8, 4) is 0 Å². The molecule has 172 valence electrons. The first kappa shape index (κ1) is 21.8. The maximum atomic E-state index is 13.3. The van der Waals surface area contributed by atoms with Crippen LogP contribution in [0.25, 0.3) is 11.1 Å². The summed E-state index contributed by atoms with van der Waals surface area (Å²) in [5, 5.41) is 9.21. The molecule has 1 atom stereocenters. The molecule has 11 heteroatoms. The number of nitrogens with zero attached hydrogens (tertiary/aromatic N) is 5. The number of amides is 1. The van der Waals surface area contributed by atoms with Gasteiger partial charge in [0, 0.05) is 35.8 Å². The van der Waals surface area contributed by atoms with E-state index in [9.17, 15) is 4.79 Å². The number of carbonyl (C=O) groups excluding carboxylic acids is 1.